The molecule has 2 heterocycles. The molecule has 0 aromatic carbocycles. The molecule has 0 fully saturated rings. The monoisotopic (exact) mass is 159 g/mol. The Balaban J connectivity index is 2.76. The number of hydrogen-bond donors (Lipinski definition) is 0. The molecule has 0 aliphatic carbocycles. The third kappa shape index (κ3) is 0.900. The Labute approximate surface area is 68.4 Å². The molecule has 5 nitrogen and oxygen atoms in total. The minimum atomic E-state index is 0.563. The lowest BCUT2D eigenvalue weighted by molar-refractivity contribution is 0.846. The first kappa shape index (κ1) is 6.73. The van der Waals surface area contributed by atoms with Gasteiger partial charge >= 0.3 is 0 Å². The van der Waals surface area contributed by atoms with E-state index >= 15 is 0 Å². The molecule has 0 amide bonds. The van der Waals surface area contributed by atoms with Gasteiger partial charge in [-0.1, -0.05) is 11.1 Å². The highest BCUT2D eigenvalue weighted by Gasteiger charge is 2.01. The molecule has 2 aromatic heterocycles. The summed E-state index contributed by atoms with van der Waals surface area (Å²) in [4.78, 5) is 7.76. The number of hydrogen-bond acceptors (Lipinski definition) is 4. The summed E-state index contributed by atoms with van der Waals surface area (Å²) in [5.74, 6) is 2.72. The lowest BCUT2D eigenvalue weighted by Gasteiger charge is -1.85. The molecule has 5 heteroatoms. The van der Waals surface area contributed by atoms with Crippen molar-refractivity contribution in [3.05, 3.63) is 12.5 Å². The van der Waals surface area contributed by atoms with Crippen molar-refractivity contribution in [1.82, 2.24) is 25.0 Å². The molecule has 12 heavy (non-hydrogen) atoms. The van der Waals surface area contributed by atoms with Crippen LogP contribution in [0.15, 0.2) is 12.5 Å². The summed E-state index contributed by atoms with van der Waals surface area (Å²) < 4.78 is 1.45. The standard InChI is InChI=1S/C7H5N5/c1-2-3-12-6-4-8-5-9-7(6)10-11-12/h4-5H,1H3. The van der Waals surface area contributed by atoms with Crippen LogP contribution in [-0.4, -0.2) is 25.0 Å². The molecule has 2 aromatic rings. The van der Waals surface area contributed by atoms with Gasteiger partial charge in [-0.2, -0.15) is 4.68 Å². The molecular weight excluding hydrogens is 154 g/mol. The van der Waals surface area contributed by atoms with Gasteiger partial charge in [0.15, 0.2) is 0 Å². The average molecular weight is 159 g/mol. The first-order chi connectivity index (χ1) is 5.92. The predicted octanol–water partition coefficient (Wildman–Crippen LogP) is 0.0502. The first-order valence-corrected chi connectivity index (χ1v) is 3.36. The van der Waals surface area contributed by atoms with Crippen molar-refractivity contribution in [1.29, 1.82) is 0 Å². The summed E-state index contributed by atoms with van der Waals surface area (Å²) in [6.07, 6.45) is 3.06. The fourth-order valence-electron chi connectivity index (χ4n) is 0.866. The van der Waals surface area contributed by atoms with Gasteiger partial charge in [0.1, 0.15) is 11.8 Å². The molecule has 0 unspecified atom stereocenters. The molecule has 0 spiro atoms. The van der Waals surface area contributed by atoms with Crippen LogP contribution in [0.1, 0.15) is 6.92 Å². The topological polar surface area (TPSA) is 56.5 Å². The highest BCUT2D eigenvalue weighted by atomic mass is 15.4. The molecule has 0 saturated heterocycles. The highest BCUT2D eigenvalue weighted by molar-refractivity contribution is 5.68. The SMILES string of the molecule is CC#Cn1nnc2ncncc21. The second-order valence-corrected chi connectivity index (χ2v) is 2.09. The Morgan fingerprint density at radius 3 is 3.25 bits per heavy atom. The van der Waals surface area contributed by atoms with Crippen molar-refractivity contribution in [3.8, 4) is 12.0 Å². The summed E-state index contributed by atoms with van der Waals surface area (Å²) in [5, 5.41) is 7.57. The number of fused-ring (bicyclic) bond motifs is 1. The second-order valence-electron chi connectivity index (χ2n) is 2.09. The zero-order valence-electron chi connectivity index (χ0n) is 6.39. The molecule has 58 valence electrons. The van der Waals surface area contributed by atoms with Gasteiger partial charge in [-0.3, -0.25) is 0 Å². The van der Waals surface area contributed by atoms with Crippen molar-refractivity contribution in [2.45, 2.75) is 6.92 Å². The molecule has 0 radical (unpaired) electrons. The average Bonchev–Trinajstić information content (AvgIpc) is 2.50. The lowest BCUT2D eigenvalue weighted by atomic mass is 10.5. The maximum atomic E-state index is 3.91. The zero-order valence-corrected chi connectivity index (χ0v) is 6.39. The second kappa shape index (κ2) is 2.58. The van der Waals surface area contributed by atoms with Gasteiger partial charge in [0.05, 0.1) is 6.20 Å². The van der Waals surface area contributed by atoms with Gasteiger partial charge in [0, 0.05) is 6.04 Å². The Morgan fingerprint density at radius 1 is 1.50 bits per heavy atom. The van der Waals surface area contributed by atoms with E-state index in [2.05, 4.69) is 32.2 Å². The van der Waals surface area contributed by atoms with Crippen LogP contribution in [0.4, 0.5) is 0 Å². The quantitative estimate of drug-likeness (QED) is 0.509. The fraction of sp³-hybridized carbons (Fsp3) is 0.143. The van der Waals surface area contributed by atoms with Gasteiger partial charge in [0.25, 0.3) is 0 Å². The van der Waals surface area contributed by atoms with Crippen LogP contribution < -0.4 is 0 Å². The van der Waals surface area contributed by atoms with E-state index in [-0.39, 0.29) is 0 Å². The molecule has 2 rings (SSSR count). The van der Waals surface area contributed by atoms with Crippen molar-refractivity contribution >= 4 is 11.2 Å². The molecule has 0 saturated carbocycles. The van der Waals surface area contributed by atoms with Gasteiger partial charge in [-0.05, 0) is 6.92 Å². The van der Waals surface area contributed by atoms with Crippen LogP contribution in [0.2, 0.25) is 0 Å². The molecule has 0 atom stereocenters. The molecule has 0 bridgehead atoms. The van der Waals surface area contributed by atoms with Crippen LogP contribution in [0, 0.1) is 12.0 Å². The summed E-state index contributed by atoms with van der Waals surface area (Å²) in [7, 11) is 0. The summed E-state index contributed by atoms with van der Waals surface area (Å²) in [6, 6.07) is 2.74. The fourth-order valence-corrected chi connectivity index (χ4v) is 0.866. The maximum Gasteiger partial charge on any atom is 0.206 e. The van der Waals surface area contributed by atoms with Gasteiger partial charge < -0.3 is 0 Å². The Morgan fingerprint density at radius 2 is 2.42 bits per heavy atom. The Kier molecular flexibility index (Phi) is 1.45. The van der Waals surface area contributed by atoms with E-state index < -0.39 is 0 Å². The summed E-state index contributed by atoms with van der Waals surface area (Å²) in [6.45, 7) is 1.73. The van der Waals surface area contributed by atoms with E-state index in [0.29, 0.717) is 5.65 Å². The van der Waals surface area contributed by atoms with Crippen LogP contribution >= 0.6 is 0 Å². The van der Waals surface area contributed by atoms with E-state index in [1.54, 1.807) is 13.1 Å². The van der Waals surface area contributed by atoms with Crippen LogP contribution in [0.3, 0.4) is 0 Å². The van der Waals surface area contributed by atoms with E-state index in [1.165, 1.54) is 11.0 Å². The van der Waals surface area contributed by atoms with Gasteiger partial charge in [0.2, 0.25) is 5.65 Å². The molecule has 0 N–H and O–H groups in total. The lowest BCUT2D eigenvalue weighted by Crippen LogP contribution is -1.90. The summed E-state index contributed by atoms with van der Waals surface area (Å²) >= 11 is 0. The van der Waals surface area contributed by atoms with Crippen LogP contribution in [0.5, 0.6) is 0 Å². The largest absolute Gasteiger partial charge is 0.242 e. The van der Waals surface area contributed by atoms with Crippen molar-refractivity contribution in [2.24, 2.45) is 0 Å². The molecular formula is C7H5N5. The van der Waals surface area contributed by atoms with Crippen molar-refractivity contribution in [2.75, 3.05) is 0 Å². The highest BCUT2D eigenvalue weighted by Crippen LogP contribution is 2.02. The van der Waals surface area contributed by atoms with Crippen LogP contribution in [0.25, 0.3) is 11.2 Å². The smallest absolute Gasteiger partial charge is 0.206 e. The third-order valence-electron chi connectivity index (χ3n) is 1.35. The van der Waals surface area contributed by atoms with E-state index in [1.807, 2.05) is 0 Å². The minimum Gasteiger partial charge on any atom is -0.242 e. The maximum absolute atomic E-state index is 3.91. The Bertz CT molecular complexity index is 461. The van der Waals surface area contributed by atoms with Gasteiger partial charge in [-0.15, -0.1) is 5.10 Å². The van der Waals surface area contributed by atoms with Gasteiger partial charge in [-0.25, -0.2) is 9.97 Å². The van der Waals surface area contributed by atoms with E-state index in [9.17, 15) is 0 Å². The zero-order chi connectivity index (χ0) is 8.39. The van der Waals surface area contributed by atoms with Crippen molar-refractivity contribution in [3.63, 3.8) is 0 Å². The van der Waals surface area contributed by atoms with Crippen LogP contribution in [-0.2, 0) is 0 Å². The van der Waals surface area contributed by atoms with E-state index in [0.717, 1.165) is 5.52 Å². The normalized spacial score (nSPS) is 9.42. The predicted molar refractivity (Wildman–Crippen MR) is 42.0 cm³/mol. The number of aromatic nitrogens is 5. The number of rotatable bonds is 0. The minimum absolute atomic E-state index is 0.563. The third-order valence-corrected chi connectivity index (χ3v) is 1.35. The summed E-state index contributed by atoms with van der Waals surface area (Å²) in [5.41, 5.74) is 1.29. The number of nitrogens with zero attached hydrogens (tertiary/aromatic N) is 5. The van der Waals surface area contributed by atoms with Crippen molar-refractivity contribution < 1.29 is 0 Å². The first-order valence-electron chi connectivity index (χ1n) is 3.36. The molecule has 0 aliphatic rings. The van der Waals surface area contributed by atoms with E-state index in [4.69, 9.17) is 0 Å². The molecule has 0 aliphatic heterocycles. The Hall–Kier alpha value is -1.96.